The van der Waals surface area contributed by atoms with Crippen LogP contribution in [0.2, 0.25) is 0 Å². The van der Waals surface area contributed by atoms with Gasteiger partial charge in [-0.3, -0.25) is 0 Å². The summed E-state index contributed by atoms with van der Waals surface area (Å²) in [5.74, 6) is 3.84. The average Bonchev–Trinajstić information content (AvgIpc) is 2.96. The van der Waals surface area contributed by atoms with Gasteiger partial charge in [-0.15, -0.1) is 0 Å². The van der Waals surface area contributed by atoms with Gasteiger partial charge in [-0.25, -0.2) is 0 Å². The molecule has 0 radical (unpaired) electrons. The van der Waals surface area contributed by atoms with Gasteiger partial charge >= 0.3 is 0 Å². The minimum Gasteiger partial charge on any atom is -0.393 e. The van der Waals surface area contributed by atoms with Crippen LogP contribution in [0.4, 0.5) is 0 Å². The fourth-order valence-corrected chi connectivity index (χ4v) is 8.47. The summed E-state index contributed by atoms with van der Waals surface area (Å²) >= 11 is 0. The van der Waals surface area contributed by atoms with Gasteiger partial charge in [0, 0.05) is 0 Å². The third-order valence-corrected chi connectivity index (χ3v) is 9.56. The molecule has 4 saturated carbocycles. The third kappa shape index (κ3) is 1.96. The molecule has 1 unspecified atom stereocenters. The standard InChI is InChI=1S/C22H34O2/c1-21-11-8-15(23)13-14(21)4-5-16-17(21)9-12-22-10-2-3-20(24)19(22)7-6-18(16)22/h2,10,14-20,23-24H,3-9,11-13H2,1H3/t14-,15+,16+,17-,18-,19+,20+,21-,22?/m0/s1. The molecule has 9 atom stereocenters. The molecule has 2 N–H and O–H groups in total. The molecule has 0 aromatic carbocycles. The van der Waals surface area contributed by atoms with Crippen molar-refractivity contribution in [2.75, 3.05) is 0 Å². The molecule has 134 valence electrons. The van der Waals surface area contributed by atoms with Crippen LogP contribution in [0.5, 0.6) is 0 Å². The van der Waals surface area contributed by atoms with Crippen LogP contribution in [0.25, 0.3) is 0 Å². The zero-order chi connectivity index (χ0) is 16.5. The van der Waals surface area contributed by atoms with Gasteiger partial charge < -0.3 is 10.2 Å². The second-order valence-electron chi connectivity index (χ2n) is 10.1. The highest BCUT2D eigenvalue weighted by atomic mass is 16.3. The van der Waals surface area contributed by atoms with E-state index < -0.39 is 0 Å². The van der Waals surface area contributed by atoms with Crippen LogP contribution in [-0.2, 0) is 0 Å². The number of allylic oxidation sites excluding steroid dienone is 1. The summed E-state index contributed by atoms with van der Waals surface area (Å²) in [6.45, 7) is 2.57. The maximum absolute atomic E-state index is 10.6. The van der Waals surface area contributed by atoms with Crippen LogP contribution >= 0.6 is 0 Å². The largest absolute Gasteiger partial charge is 0.393 e. The van der Waals surface area contributed by atoms with Crippen LogP contribution in [0, 0.1) is 40.4 Å². The van der Waals surface area contributed by atoms with E-state index in [1.807, 2.05) is 0 Å². The number of fused-ring (bicyclic) bond motifs is 4. The number of aliphatic hydroxyl groups excluding tert-OH is 2. The highest BCUT2D eigenvalue weighted by molar-refractivity contribution is 5.20. The molecule has 0 amide bonds. The summed E-state index contributed by atoms with van der Waals surface area (Å²) in [5, 5.41) is 20.8. The summed E-state index contributed by atoms with van der Waals surface area (Å²) in [7, 11) is 0. The molecule has 0 aromatic heterocycles. The quantitative estimate of drug-likeness (QED) is 0.650. The minimum atomic E-state index is -0.0895. The van der Waals surface area contributed by atoms with Crippen LogP contribution < -0.4 is 0 Å². The fraction of sp³-hybridized carbons (Fsp3) is 0.909. The zero-order valence-corrected chi connectivity index (χ0v) is 15.2. The molecule has 0 bridgehead atoms. The fourth-order valence-electron chi connectivity index (χ4n) is 8.47. The van der Waals surface area contributed by atoms with E-state index in [0.717, 1.165) is 42.9 Å². The molecule has 0 aromatic rings. The van der Waals surface area contributed by atoms with E-state index >= 15 is 0 Å². The average molecular weight is 331 g/mol. The second-order valence-corrected chi connectivity index (χ2v) is 10.1. The predicted octanol–water partition coefficient (Wildman–Crippen LogP) is 4.31. The highest BCUT2D eigenvalue weighted by Gasteiger charge is 2.62. The number of hydrogen-bond donors (Lipinski definition) is 2. The van der Waals surface area contributed by atoms with Crippen LogP contribution in [0.15, 0.2) is 12.2 Å². The molecule has 4 fully saturated rings. The van der Waals surface area contributed by atoms with E-state index in [0.29, 0.717) is 16.7 Å². The van der Waals surface area contributed by atoms with Gasteiger partial charge in [0.05, 0.1) is 12.2 Å². The Kier molecular flexibility index (Phi) is 3.53. The number of aliphatic hydroxyl groups is 2. The van der Waals surface area contributed by atoms with Crippen LogP contribution in [-0.4, -0.2) is 22.4 Å². The Morgan fingerprint density at radius 1 is 0.875 bits per heavy atom. The van der Waals surface area contributed by atoms with Crippen molar-refractivity contribution in [1.82, 2.24) is 0 Å². The van der Waals surface area contributed by atoms with Gasteiger partial charge in [0.15, 0.2) is 0 Å². The summed E-state index contributed by atoms with van der Waals surface area (Å²) < 4.78 is 0. The summed E-state index contributed by atoms with van der Waals surface area (Å²) in [4.78, 5) is 0. The zero-order valence-electron chi connectivity index (χ0n) is 15.2. The molecular weight excluding hydrogens is 296 g/mol. The molecule has 0 saturated heterocycles. The normalized spacial score (nSPS) is 59.2. The molecular formula is C22H34O2. The van der Waals surface area contributed by atoms with Gasteiger partial charge in [-0.2, -0.15) is 0 Å². The summed E-state index contributed by atoms with van der Waals surface area (Å²) in [5.41, 5.74) is 0.801. The van der Waals surface area contributed by atoms with Gasteiger partial charge in [-0.1, -0.05) is 19.1 Å². The van der Waals surface area contributed by atoms with Crippen molar-refractivity contribution in [2.45, 2.75) is 83.3 Å². The number of hydrogen-bond acceptors (Lipinski definition) is 2. The van der Waals surface area contributed by atoms with Crippen molar-refractivity contribution < 1.29 is 10.2 Å². The topological polar surface area (TPSA) is 40.5 Å². The van der Waals surface area contributed by atoms with Gasteiger partial charge in [-0.05, 0) is 105 Å². The van der Waals surface area contributed by atoms with Crippen molar-refractivity contribution in [3.05, 3.63) is 12.2 Å². The second kappa shape index (κ2) is 5.33. The lowest BCUT2D eigenvalue weighted by Crippen LogP contribution is -2.55. The molecule has 24 heavy (non-hydrogen) atoms. The van der Waals surface area contributed by atoms with Crippen molar-refractivity contribution in [2.24, 2.45) is 40.4 Å². The van der Waals surface area contributed by atoms with Crippen molar-refractivity contribution in [1.29, 1.82) is 0 Å². The summed E-state index contributed by atoms with van der Waals surface area (Å²) in [6.07, 6.45) is 16.9. The minimum absolute atomic E-state index is 0.0400. The monoisotopic (exact) mass is 330 g/mol. The molecule has 2 nitrogen and oxygen atoms in total. The molecule has 5 rings (SSSR count). The Labute approximate surface area is 146 Å². The van der Waals surface area contributed by atoms with E-state index in [9.17, 15) is 10.2 Å². The van der Waals surface area contributed by atoms with Gasteiger partial charge in [0.25, 0.3) is 0 Å². The Morgan fingerprint density at radius 3 is 2.58 bits per heavy atom. The molecule has 0 heterocycles. The first-order chi connectivity index (χ1) is 11.5. The Bertz CT molecular complexity index is 542. The van der Waals surface area contributed by atoms with Crippen LogP contribution in [0.1, 0.15) is 71.1 Å². The van der Waals surface area contributed by atoms with E-state index in [-0.39, 0.29) is 12.2 Å². The van der Waals surface area contributed by atoms with Gasteiger partial charge in [0.2, 0.25) is 0 Å². The van der Waals surface area contributed by atoms with E-state index in [1.165, 1.54) is 44.9 Å². The lowest BCUT2D eigenvalue weighted by Gasteiger charge is -2.61. The van der Waals surface area contributed by atoms with Crippen molar-refractivity contribution >= 4 is 0 Å². The molecule has 2 heteroatoms. The lowest BCUT2D eigenvalue weighted by atomic mass is 9.44. The highest BCUT2D eigenvalue weighted by Crippen LogP contribution is 2.69. The first-order valence-corrected chi connectivity index (χ1v) is 10.6. The van der Waals surface area contributed by atoms with Gasteiger partial charge in [0.1, 0.15) is 0 Å². The van der Waals surface area contributed by atoms with Crippen molar-refractivity contribution in [3.63, 3.8) is 0 Å². The molecule has 0 aliphatic heterocycles. The van der Waals surface area contributed by atoms with E-state index in [4.69, 9.17) is 0 Å². The smallest absolute Gasteiger partial charge is 0.0611 e. The molecule has 5 aliphatic rings. The first-order valence-electron chi connectivity index (χ1n) is 10.6. The maximum atomic E-state index is 10.6. The van der Waals surface area contributed by atoms with E-state index in [1.54, 1.807) is 0 Å². The Balaban J connectivity index is 1.47. The number of rotatable bonds is 0. The molecule has 1 spiro atoms. The van der Waals surface area contributed by atoms with Crippen LogP contribution in [0.3, 0.4) is 0 Å². The summed E-state index contributed by atoms with van der Waals surface area (Å²) in [6, 6.07) is 0. The third-order valence-electron chi connectivity index (χ3n) is 9.56. The maximum Gasteiger partial charge on any atom is 0.0611 e. The lowest BCUT2D eigenvalue weighted by molar-refractivity contribution is -0.127. The predicted molar refractivity (Wildman–Crippen MR) is 95.3 cm³/mol. The Hall–Kier alpha value is -0.340. The molecule has 5 aliphatic carbocycles. The van der Waals surface area contributed by atoms with E-state index in [2.05, 4.69) is 19.1 Å². The van der Waals surface area contributed by atoms with Crippen molar-refractivity contribution in [3.8, 4) is 0 Å². The Morgan fingerprint density at radius 2 is 1.71 bits per heavy atom. The first kappa shape index (κ1) is 15.9. The SMILES string of the molecule is C[C@]12CC[C@@H](O)C[C@@H]1CC[C@H]1[C@@H]3CC[C@@H]4[C@H](O)CC=CC43CC[C@@H]12.